The van der Waals surface area contributed by atoms with Gasteiger partial charge in [-0.1, -0.05) is 34.1 Å². The van der Waals surface area contributed by atoms with Gasteiger partial charge in [0.2, 0.25) is 5.91 Å². The Balaban J connectivity index is 2.56. The Kier molecular flexibility index (Phi) is 3.61. The molecule has 1 amide bonds. The average Bonchev–Trinajstić information content (AvgIpc) is 2.82. The zero-order valence-electron chi connectivity index (χ0n) is 10.4. The Morgan fingerprint density at radius 2 is 2.00 bits per heavy atom. The minimum Gasteiger partial charge on any atom is -0.480 e. The van der Waals surface area contributed by atoms with E-state index >= 15 is 0 Å². The van der Waals surface area contributed by atoms with Gasteiger partial charge in [0.1, 0.15) is 6.04 Å². The van der Waals surface area contributed by atoms with Crippen LogP contribution >= 0.6 is 0 Å². The fourth-order valence-corrected chi connectivity index (χ4v) is 1.85. The highest BCUT2D eigenvalue weighted by molar-refractivity contribution is 5.87. The summed E-state index contributed by atoms with van der Waals surface area (Å²) in [5.41, 5.74) is 0.0442. The largest absolute Gasteiger partial charge is 0.480 e. The van der Waals surface area contributed by atoms with Crippen molar-refractivity contribution in [2.75, 3.05) is 0 Å². The van der Waals surface area contributed by atoms with E-state index < -0.39 is 12.0 Å². The van der Waals surface area contributed by atoms with Crippen LogP contribution in [0.3, 0.4) is 0 Å². The zero-order chi connectivity index (χ0) is 12.5. The molecule has 0 bridgehead atoms. The molecule has 1 fully saturated rings. The second kappa shape index (κ2) is 4.44. The lowest BCUT2D eigenvalue weighted by atomic mass is 9.99. The van der Waals surface area contributed by atoms with Gasteiger partial charge >= 0.3 is 5.97 Å². The summed E-state index contributed by atoms with van der Waals surface area (Å²) in [4.78, 5) is 22.8. The Morgan fingerprint density at radius 3 is 2.31 bits per heavy atom. The van der Waals surface area contributed by atoms with Crippen LogP contribution in [-0.2, 0) is 9.59 Å². The molecule has 0 saturated heterocycles. The predicted molar refractivity (Wildman–Crippen MR) is 60.9 cm³/mol. The first-order valence-electron chi connectivity index (χ1n) is 5.82. The van der Waals surface area contributed by atoms with Crippen molar-refractivity contribution in [2.45, 2.75) is 46.6 Å². The number of carbonyl (C=O) groups is 2. The molecule has 0 heterocycles. The topological polar surface area (TPSA) is 66.4 Å². The van der Waals surface area contributed by atoms with Crippen molar-refractivity contribution in [2.24, 2.45) is 17.3 Å². The van der Waals surface area contributed by atoms with E-state index in [1.54, 1.807) is 0 Å². The smallest absolute Gasteiger partial charge is 0.326 e. The minimum atomic E-state index is -0.943. The molecule has 4 heteroatoms. The highest BCUT2D eigenvalue weighted by Gasteiger charge is 2.51. The monoisotopic (exact) mass is 227 g/mol. The van der Waals surface area contributed by atoms with Gasteiger partial charge in [-0.25, -0.2) is 4.79 Å². The van der Waals surface area contributed by atoms with Crippen molar-refractivity contribution >= 4 is 11.9 Å². The lowest BCUT2D eigenvalue weighted by Gasteiger charge is -2.20. The highest BCUT2D eigenvalue weighted by atomic mass is 16.4. The first kappa shape index (κ1) is 13.0. The number of rotatable bonds is 5. The Labute approximate surface area is 96.4 Å². The van der Waals surface area contributed by atoms with Crippen molar-refractivity contribution in [1.82, 2.24) is 5.32 Å². The number of carbonyl (C=O) groups excluding carboxylic acids is 1. The molecule has 0 radical (unpaired) electrons. The van der Waals surface area contributed by atoms with Crippen LogP contribution in [0, 0.1) is 17.3 Å². The van der Waals surface area contributed by atoms with Crippen LogP contribution in [0.15, 0.2) is 0 Å². The lowest BCUT2D eigenvalue weighted by Crippen LogP contribution is -2.46. The van der Waals surface area contributed by atoms with Crippen LogP contribution in [0.5, 0.6) is 0 Å². The molecule has 92 valence electrons. The second-order valence-corrected chi connectivity index (χ2v) is 5.46. The molecule has 1 saturated carbocycles. The third-order valence-corrected chi connectivity index (χ3v) is 3.61. The SMILES string of the molecule is CCC(C)C(NC(=O)C1CC1(C)C)C(=O)O. The summed E-state index contributed by atoms with van der Waals surface area (Å²) in [5, 5.41) is 11.7. The number of nitrogens with one attached hydrogen (secondary N) is 1. The molecule has 16 heavy (non-hydrogen) atoms. The van der Waals surface area contributed by atoms with Crippen LogP contribution in [0.2, 0.25) is 0 Å². The quantitative estimate of drug-likeness (QED) is 0.750. The maximum atomic E-state index is 11.8. The van der Waals surface area contributed by atoms with Crippen molar-refractivity contribution in [3.05, 3.63) is 0 Å². The number of hydrogen-bond acceptors (Lipinski definition) is 2. The summed E-state index contributed by atoms with van der Waals surface area (Å²) in [7, 11) is 0. The van der Waals surface area contributed by atoms with Gasteiger partial charge in [0.05, 0.1) is 0 Å². The van der Waals surface area contributed by atoms with E-state index in [0.29, 0.717) is 0 Å². The second-order valence-electron chi connectivity index (χ2n) is 5.46. The van der Waals surface area contributed by atoms with E-state index in [4.69, 9.17) is 5.11 Å². The third kappa shape index (κ3) is 2.74. The summed E-state index contributed by atoms with van der Waals surface area (Å²) in [6.45, 7) is 7.82. The maximum absolute atomic E-state index is 11.8. The van der Waals surface area contributed by atoms with Crippen LogP contribution in [-0.4, -0.2) is 23.0 Å². The van der Waals surface area contributed by atoms with Gasteiger partial charge in [0, 0.05) is 5.92 Å². The van der Waals surface area contributed by atoms with Crippen molar-refractivity contribution in [1.29, 1.82) is 0 Å². The summed E-state index contributed by atoms with van der Waals surface area (Å²) >= 11 is 0. The van der Waals surface area contributed by atoms with Crippen molar-refractivity contribution in [3.63, 3.8) is 0 Å². The van der Waals surface area contributed by atoms with Crippen LogP contribution in [0.25, 0.3) is 0 Å². The number of carboxylic acids is 1. The molecule has 0 aromatic rings. The Bertz CT molecular complexity index is 299. The Hall–Kier alpha value is -1.06. The van der Waals surface area contributed by atoms with Gasteiger partial charge in [-0.2, -0.15) is 0 Å². The van der Waals surface area contributed by atoms with E-state index in [2.05, 4.69) is 5.32 Å². The van der Waals surface area contributed by atoms with Gasteiger partial charge in [-0.05, 0) is 17.8 Å². The van der Waals surface area contributed by atoms with E-state index in [0.717, 1.165) is 12.8 Å². The van der Waals surface area contributed by atoms with E-state index in [-0.39, 0.29) is 23.2 Å². The number of carboxylic acid groups (broad SMARTS) is 1. The van der Waals surface area contributed by atoms with E-state index in [1.807, 2.05) is 27.7 Å². The highest BCUT2D eigenvalue weighted by Crippen LogP contribution is 2.51. The molecule has 3 atom stereocenters. The van der Waals surface area contributed by atoms with Crippen LogP contribution in [0.1, 0.15) is 40.5 Å². The van der Waals surface area contributed by atoms with Gasteiger partial charge in [0.15, 0.2) is 0 Å². The standard InChI is InChI=1S/C12H21NO3/c1-5-7(2)9(11(15)16)13-10(14)8-6-12(8,3)4/h7-9H,5-6H2,1-4H3,(H,13,14)(H,15,16). The predicted octanol–water partition coefficient (Wildman–Crippen LogP) is 1.65. The van der Waals surface area contributed by atoms with E-state index in [1.165, 1.54) is 0 Å². The van der Waals surface area contributed by atoms with Crippen molar-refractivity contribution < 1.29 is 14.7 Å². The molecular weight excluding hydrogens is 206 g/mol. The molecule has 0 aromatic carbocycles. The molecule has 1 aliphatic carbocycles. The Morgan fingerprint density at radius 1 is 1.50 bits per heavy atom. The molecule has 3 unspecified atom stereocenters. The van der Waals surface area contributed by atoms with Gasteiger partial charge in [-0.3, -0.25) is 4.79 Å². The summed E-state index contributed by atoms with van der Waals surface area (Å²) in [5.74, 6) is -1.11. The molecule has 0 aliphatic heterocycles. The zero-order valence-corrected chi connectivity index (χ0v) is 10.4. The fraction of sp³-hybridized carbons (Fsp3) is 0.833. The normalized spacial score (nSPS) is 25.6. The first-order chi connectivity index (χ1) is 7.29. The fourth-order valence-electron chi connectivity index (χ4n) is 1.85. The first-order valence-corrected chi connectivity index (χ1v) is 5.82. The summed E-state index contributed by atoms with van der Waals surface area (Å²) in [6, 6.07) is -0.756. The van der Waals surface area contributed by atoms with Crippen molar-refractivity contribution in [3.8, 4) is 0 Å². The van der Waals surface area contributed by atoms with Crippen LogP contribution < -0.4 is 5.32 Å². The molecule has 1 rings (SSSR count). The summed E-state index contributed by atoms with van der Waals surface area (Å²) in [6.07, 6.45) is 1.59. The van der Waals surface area contributed by atoms with Crippen LogP contribution in [0.4, 0.5) is 0 Å². The van der Waals surface area contributed by atoms with Gasteiger partial charge in [0.25, 0.3) is 0 Å². The molecule has 2 N–H and O–H groups in total. The molecular formula is C12H21NO3. The molecule has 1 aliphatic rings. The van der Waals surface area contributed by atoms with Gasteiger partial charge in [-0.15, -0.1) is 0 Å². The van der Waals surface area contributed by atoms with E-state index in [9.17, 15) is 9.59 Å². The third-order valence-electron chi connectivity index (χ3n) is 3.61. The lowest BCUT2D eigenvalue weighted by molar-refractivity contribution is -0.143. The number of aliphatic carboxylic acids is 1. The average molecular weight is 227 g/mol. The number of hydrogen-bond donors (Lipinski definition) is 2. The molecule has 0 spiro atoms. The number of amides is 1. The molecule has 0 aromatic heterocycles. The molecule has 4 nitrogen and oxygen atoms in total. The minimum absolute atomic E-state index is 0.0154. The summed E-state index contributed by atoms with van der Waals surface area (Å²) < 4.78 is 0. The maximum Gasteiger partial charge on any atom is 0.326 e. The van der Waals surface area contributed by atoms with Gasteiger partial charge < -0.3 is 10.4 Å².